The van der Waals surface area contributed by atoms with Gasteiger partial charge in [0.05, 0.1) is 25.3 Å². The van der Waals surface area contributed by atoms with E-state index in [2.05, 4.69) is 140 Å². The molecular formula is C50H52NO2+. The largest absolute Gasteiger partial charge is 0.496 e. The number of methoxy groups -OCH3 is 2. The van der Waals surface area contributed by atoms with Gasteiger partial charge in [0.1, 0.15) is 37.7 Å². The minimum atomic E-state index is 0.901. The molecule has 3 heteroatoms. The zero-order valence-electron chi connectivity index (χ0n) is 33.2. The molecular weight excluding hydrogens is 647 g/mol. The van der Waals surface area contributed by atoms with Gasteiger partial charge in [-0.15, -0.1) is 0 Å². The van der Waals surface area contributed by atoms with E-state index in [0.717, 1.165) is 42.2 Å². The Morgan fingerprint density at radius 3 is 0.830 bits per heavy atom. The summed E-state index contributed by atoms with van der Waals surface area (Å²) in [6, 6.07) is 32.6. The van der Waals surface area contributed by atoms with Crippen molar-refractivity contribution in [3.8, 4) is 56.0 Å². The summed E-state index contributed by atoms with van der Waals surface area (Å²) in [5.74, 6) is 2.03. The molecule has 0 N–H and O–H groups in total. The summed E-state index contributed by atoms with van der Waals surface area (Å²) in [7, 11) is 3.72. The Hall–Kier alpha value is -5.12. The van der Waals surface area contributed by atoms with Gasteiger partial charge in [0.25, 0.3) is 0 Å². The lowest BCUT2D eigenvalue weighted by molar-refractivity contribution is -0.966. The number of nitrogens with zero attached hydrogens (tertiary/aromatic N) is 1. The fourth-order valence-electron chi connectivity index (χ4n) is 9.82. The molecule has 0 unspecified atom stereocenters. The average Bonchev–Trinajstić information content (AvgIpc) is 3.64. The van der Waals surface area contributed by atoms with Gasteiger partial charge in [-0.1, -0.05) is 117 Å². The van der Waals surface area contributed by atoms with Crippen LogP contribution in [0.15, 0.2) is 84.9 Å². The first-order chi connectivity index (χ1) is 25.3. The van der Waals surface area contributed by atoms with Gasteiger partial charge in [0.15, 0.2) is 0 Å². The quantitative estimate of drug-likeness (QED) is 0.161. The molecule has 1 spiro atoms. The van der Waals surface area contributed by atoms with Crippen molar-refractivity contribution >= 4 is 0 Å². The van der Waals surface area contributed by atoms with Crippen molar-refractivity contribution in [2.45, 2.75) is 81.6 Å². The van der Waals surface area contributed by atoms with Crippen molar-refractivity contribution in [1.82, 2.24) is 0 Å². The van der Waals surface area contributed by atoms with Crippen LogP contribution in [-0.2, 0) is 26.2 Å². The summed E-state index contributed by atoms with van der Waals surface area (Å²) in [5, 5.41) is 0. The third-order valence-electron chi connectivity index (χ3n) is 11.5. The number of quaternary nitrogens is 1. The van der Waals surface area contributed by atoms with E-state index in [1.165, 1.54) is 111 Å². The summed E-state index contributed by atoms with van der Waals surface area (Å²) in [5.41, 5.74) is 25.7. The molecule has 268 valence electrons. The molecule has 0 fully saturated rings. The van der Waals surface area contributed by atoms with E-state index in [1.54, 1.807) is 0 Å². The summed E-state index contributed by atoms with van der Waals surface area (Å²) >= 11 is 0. The molecule has 0 aliphatic carbocycles. The van der Waals surface area contributed by atoms with Crippen LogP contribution in [0.4, 0.5) is 0 Å². The number of rotatable bonds is 6. The number of fused-ring (bicyclic) bond motifs is 2. The Labute approximate surface area is 316 Å². The number of ether oxygens (including phenoxy) is 2. The highest BCUT2D eigenvalue weighted by Crippen LogP contribution is 2.54. The first-order valence-electron chi connectivity index (χ1n) is 19.0. The molecule has 0 saturated carbocycles. The summed E-state index contributed by atoms with van der Waals surface area (Å²) in [4.78, 5) is 0. The molecule has 2 aliphatic rings. The fourth-order valence-corrected chi connectivity index (χ4v) is 9.82. The Balaban J connectivity index is 1.35. The average molecular weight is 699 g/mol. The summed E-state index contributed by atoms with van der Waals surface area (Å²) in [6.07, 6.45) is 0. The van der Waals surface area contributed by atoms with Crippen LogP contribution in [0.25, 0.3) is 44.5 Å². The number of hydrogen-bond donors (Lipinski definition) is 0. The van der Waals surface area contributed by atoms with Crippen molar-refractivity contribution in [2.24, 2.45) is 0 Å². The van der Waals surface area contributed by atoms with Crippen LogP contribution in [0.3, 0.4) is 0 Å². The lowest BCUT2D eigenvalue weighted by Crippen LogP contribution is -2.36. The van der Waals surface area contributed by atoms with Crippen LogP contribution in [0.2, 0.25) is 0 Å². The Bertz CT molecular complexity index is 2210. The van der Waals surface area contributed by atoms with Gasteiger partial charge in [-0.2, -0.15) is 0 Å². The maximum atomic E-state index is 6.47. The monoisotopic (exact) mass is 698 g/mol. The van der Waals surface area contributed by atoms with Gasteiger partial charge in [0, 0.05) is 22.3 Å². The summed E-state index contributed by atoms with van der Waals surface area (Å²) < 4.78 is 13.9. The second-order valence-electron chi connectivity index (χ2n) is 16.4. The van der Waals surface area contributed by atoms with E-state index in [1.807, 2.05) is 14.2 Å². The molecule has 0 bridgehead atoms. The van der Waals surface area contributed by atoms with Gasteiger partial charge in [0.2, 0.25) is 0 Å². The highest BCUT2D eigenvalue weighted by atomic mass is 16.5. The first kappa shape index (κ1) is 34.9. The molecule has 0 aromatic heterocycles. The van der Waals surface area contributed by atoms with Gasteiger partial charge in [-0.25, -0.2) is 0 Å². The SMILES string of the molecule is COc1c(-c2cc(C)cc(C)c2)cc(-c2cc(C)cc(C)c2)c2c1C[N+]1(C2)Cc2c(-c3cc(C)cc(C)c3)cc(-c3cc(C)cc(C)c3)c(OC)c2C1. The Morgan fingerprint density at radius 1 is 0.321 bits per heavy atom. The molecule has 8 rings (SSSR count). The number of aryl methyl sites for hydroxylation is 8. The predicted molar refractivity (Wildman–Crippen MR) is 221 cm³/mol. The zero-order chi connectivity index (χ0) is 37.3. The van der Waals surface area contributed by atoms with Crippen molar-refractivity contribution in [2.75, 3.05) is 14.2 Å². The molecule has 0 saturated heterocycles. The van der Waals surface area contributed by atoms with Gasteiger partial charge in [-0.05, 0) is 101 Å². The lowest BCUT2D eigenvalue weighted by Gasteiger charge is -2.29. The maximum Gasteiger partial charge on any atom is 0.136 e. The topological polar surface area (TPSA) is 18.5 Å². The minimum Gasteiger partial charge on any atom is -0.496 e. The number of benzene rings is 6. The molecule has 6 aromatic carbocycles. The Kier molecular flexibility index (Phi) is 8.62. The lowest BCUT2D eigenvalue weighted by atomic mass is 9.89. The van der Waals surface area contributed by atoms with Crippen LogP contribution in [0.5, 0.6) is 11.5 Å². The highest BCUT2D eigenvalue weighted by Gasteiger charge is 2.47. The van der Waals surface area contributed by atoms with E-state index in [4.69, 9.17) is 9.47 Å². The molecule has 3 nitrogen and oxygen atoms in total. The first-order valence-corrected chi connectivity index (χ1v) is 19.0. The molecule has 2 heterocycles. The molecule has 0 amide bonds. The van der Waals surface area contributed by atoms with E-state index >= 15 is 0 Å². The molecule has 53 heavy (non-hydrogen) atoms. The molecule has 2 aliphatic heterocycles. The fraction of sp³-hybridized carbons (Fsp3) is 0.280. The van der Waals surface area contributed by atoms with Crippen LogP contribution in [-0.4, -0.2) is 18.7 Å². The van der Waals surface area contributed by atoms with Crippen molar-refractivity contribution < 1.29 is 14.0 Å². The third kappa shape index (κ3) is 6.25. The molecule has 0 atom stereocenters. The maximum absolute atomic E-state index is 6.47. The van der Waals surface area contributed by atoms with E-state index < -0.39 is 0 Å². The van der Waals surface area contributed by atoms with Crippen molar-refractivity contribution in [3.05, 3.63) is 152 Å². The van der Waals surface area contributed by atoms with Crippen LogP contribution >= 0.6 is 0 Å². The van der Waals surface area contributed by atoms with Gasteiger partial charge < -0.3 is 14.0 Å². The van der Waals surface area contributed by atoms with Gasteiger partial charge >= 0.3 is 0 Å². The third-order valence-corrected chi connectivity index (χ3v) is 11.5. The minimum absolute atomic E-state index is 0.901. The second kappa shape index (κ2) is 13.1. The van der Waals surface area contributed by atoms with Gasteiger partial charge in [-0.3, -0.25) is 0 Å². The standard InChI is InChI=1S/C50H52NO2/c1-29-11-30(2)16-37(15-29)41-23-43(39-19-33(5)13-34(6)20-39)49(52-9)47-27-51(25-45(41)47)26-46-42(38-17-31(3)12-32(4)18-38)24-44(50(53-10)48(46)28-51)40-21-35(7)14-36(8)22-40/h11-24H,25-28H2,1-10H3/q+1. The predicted octanol–water partition coefficient (Wildman–Crippen LogP) is 12.4. The van der Waals surface area contributed by atoms with Crippen molar-refractivity contribution in [1.29, 1.82) is 0 Å². The van der Waals surface area contributed by atoms with E-state index in [-0.39, 0.29) is 0 Å². The van der Waals surface area contributed by atoms with Crippen LogP contribution in [0.1, 0.15) is 66.8 Å². The molecule has 6 aromatic rings. The molecule has 0 radical (unpaired) electrons. The Morgan fingerprint density at radius 2 is 0.566 bits per heavy atom. The van der Waals surface area contributed by atoms with Crippen LogP contribution in [0, 0.1) is 55.4 Å². The number of hydrogen-bond acceptors (Lipinski definition) is 2. The van der Waals surface area contributed by atoms with Crippen molar-refractivity contribution in [3.63, 3.8) is 0 Å². The normalized spacial score (nSPS) is 14.1. The van der Waals surface area contributed by atoms with Crippen LogP contribution < -0.4 is 9.47 Å². The highest BCUT2D eigenvalue weighted by molar-refractivity contribution is 5.85. The summed E-state index contributed by atoms with van der Waals surface area (Å²) in [6.45, 7) is 21.3. The van der Waals surface area contributed by atoms with E-state index in [0.29, 0.717) is 0 Å². The van der Waals surface area contributed by atoms with E-state index in [9.17, 15) is 0 Å². The smallest absolute Gasteiger partial charge is 0.136 e. The zero-order valence-corrected chi connectivity index (χ0v) is 33.2. The second-order valence-corrected chi connectivity index (χ2v) is 16.4.